The van der Waals surface area contributed by atoms with Crippen molar-refractivity contribution in [3.63, 3.8) is 0 Å². The Hall–Kier alpha value is -2.76. The van der Waals surface area contributed by atoms with Crippen LogP contribution in [0.4, 0.5) is 5.82 Å². The zero-order valence-corrected chi connectivity index (χ0v) is 12.4. The monoisotopic (exact) mass is 300 g/mol. The van der Waals surface area contributed by atoms with Gasteiger partial charge >= 0.3 is 5.82 Å². The minimum Gasteiger partial charge on any atom is -0.474 e. The molecular formula is C16H16N2O4. The minimum atomic E-state index is -0.838. The lowest BCUT2D eigenvalue weighted by Crippen LogP contribution is -2.24. The number of carbonyl (C=O) groups excluding carboxylic acids is 1. The molecule has 0 aliphatic heterocycles. The Balaban J connectivity index is 2.16. The summed E-state index contributed by atoms with van der Waals surface area (Å²) in [4.78, 5) is 26.2. The van der Waals surface area contributed by atoms with Crippen molar-refractivity contribution in [3.8, 4) is 5.75 Å². The van der Waals surface area contributed by atoms with E-state index < -0.39 is 16.8 Å². The number of aromatic nitrogens is 1. The van der Waals surface area contributed by atoms with Gasteiger partial charge in [0, 0.05) is 5.56 Å². The van der Waals surface area contributed by atoms with Gasteiger partial charge in [-0.3, -0.25) is 4.79 Å². The quantitative estimate of drug-likeness (QED) is 0.465. The molecule has 0 bridgehead atoms. The Kier molecular flexibility index (Phi) is 4.83. The van der Waals surface area contributed by atoms with Gasteiger partial charge in [0.15, 0.2) is 6.10 Å². The summed E-state index contributed by atoms with van der Waals surface area (Å²) in [6, 6.07) is 10.2. The summed E-state index contributed by atoms with van der Waals surface area (Å²) in [6.45, 7) is 3.59. The molecule has 0 fully saturated rings. The lowest BCUT2D eigenvalue weighted by molar-refractivity contribution is -0.390. The SMILES string of the molecule is CCc1ccc(C(=O)[C@H](C)Oc2cccnc2[N+](=O)[O-])cc1. The largest absolute Gasteiger partial charge is 0.474 e. The Morgan fingerprint density at radius 2 is 2.00 bits per heavy atom. The second-order valence-corrected chi connectivity index (χ2v) is 4.76. The molecule has 0 aliphatic carbocycles. The van der Waals surface area contributed by atoms with Crippen molar-refractivity contribution in [3.05, 3.63) is 63.8 Å². The fourth-order valence-electron chi connectivity index (χ4n) is 1.99. The molecular weight excluding hydrogens is 284 g/mol. The molecule has 114 valence electrons. The van der Waals surface area contributed by atoms with E-state index in [-0.39, 0.29) is 11.5 Å². The van der Waals surface area contributed by atoms with Crippen molar-refractivity contribution >= 4 is 11.6 Å². The van der Waals surface area contributed by atoms with Gasteiger partial charge in [-0.1, -0.05) is 31.2 Å². The summed E-state index contributed by atoms with van der Waals surface area (Å²) in [6.07, 6.45) is 1.36. The van der Waals surface area contributed by atoms with Gasteiger partial charge in [-0.25, -0.2) is 0 Å². The Morgan fingerprint density at radius 1 is 1.32 bits per heavy atom. The zero-order valence-electron chi connectivity index (χ0n) is 12.4. The van der Waals surface area contributed by atoms with Crippen molar-refractivity contribution in [1.82, 2.24) is 4.98 Å². The van der Waals surface area contributed by atoms with Crippen molar-refractivity contribution in [2.75, 3.05) is 0 Å². The van der Waals surface area contributed by atoms with E-state index in [9.17, 15) is 14.9 Å². The van der Waals surface area contributed by atoms with Gasteiger partial charge in [-0.2, -0.15) is 0 Å². The van der Waals surface area contributed by atoms with Crippen LogP contribution in [-0.2, 0) is 6.42 Å². The first kappa shape index (κ1) is 15.6. The molecule has 0 N–H and O–H groups in total. The Bertz CT molecular complexity index is 683. The average Bonchev–Trinajstić information content (AvgIpc) is 2.54. The van der Waals surface area contributed by atoms with Crippen LogP contribution in [0.3, 0.4) is 0 Å². The van der Waals surface area contributed by atoms with E-state index in [1.807, 2.05) is 19.1 Å². The molecule has 1 aromatic carbocycles. The van der Waals surface area contributed by atoms with E-state index in [1.165, 1.54) is 18.3 Å². The summed E-state index contributed by atoms with van der Waals surface area (Å²) < 4.78 is 5.43. The molecule has 0 radical (unpaired) electrons. The molecule has 6 nitrogen and oxygen atoms in total. The van der Waals surface area contributed by atoms with Gasteiger partial charge in [-0.05, 0) is 40.9 Å². The molecule has 6 heteroatoms. The molecule has 2 aromatic rings. The summed E-state index contributed by atoms with van der Waals surface area (Å²) in [7, 11) is 0. The van der Waals surface area contributed by atoms with Crippen LogP contribution in [0, 0.1) is 10.1 Å². The topological polar surface area (TPSA) is 82.3 Å². The number of hydrogen-bond acceptors (Lipinski definition) is 5. The number of nitro groups is 1. The third kappa shape index (κ3) is 3.46. The Labute approximate surface area is 127 Å². The number of carbonyl (C=O) groups is 1. The molecule has 1 aromatic heterocycles. The summed E-state index contributed by atoms with van der Waals surface area (Å²) in [5.41, 5.74) is 1.64. The van der Waals surface area contributed by atoms with Crippen LogP contribution in [0.15, 0.2) is 42.6 Å². The normalized spacial score (nSPS) is 11.7. The molecule has 0 unspecified atom stereocenters. The van der Waals surface area contributed by atoms with E-state index in [4.69, 9.17) is 4.74 Å². The fourth-order valence-corrected chi connectivity index (χ4v) is 1.99. The van der Waals surface area contributed by atoms with Gasteiger partial charge in [-0.15, -0.1) is 0 Å². The first-order valence-corrected chi connectivity index (χ1v) is 6.92. The lowest BCUT2D eigenvalue weighted by atomic mass is 10.0. The maximum atomic E-state index is 12.3. The third-order valence-corrected chi connectivity index (χ3v) is 3.24. The van der Waals surface area contributed by atoms with E-state index in [1.54, 1.807) is 19.1 Å². The van der Waals surface area contributed by atoms with E-state index >= 15 is 0 Å². The summed E-state index contributed by atoms with van der Waals surface area (Å²) in [5, 5.41) is 10.9. The first-order valence-electron chi connectivity index (χ1n) is 6.92. The number of pyridine rings is 1. The highest BCUT2D eigenvalue weighted by atomic mass is 16.6. The van der Waals surface area contributed by atoms with Gasteiger partial charge in [0.1, 0.15) is 6.20 Å². The van der Waals surface area contributed by atoms with Crippen molar-refractivity contribution < 1.29 is 14.5 Å². The van der Waals surface area contributed by atoms with Crippen molar-refractivity contribution in [2.24, 2.45) is 0 Å². The highest BCUT2D eigenvalue weighted by molar-refractivity contribution is 5.99. The van der Waals surface area contributed by atoms with Gasteiger partial charge in [0.05, 0.1) is 0 Å². The molecule has 0 saturated heterocycles. The van der Waals surface area contributed by atoms with Crippen LogP contribution >= 0.6 is 0 Å². The molecule has 1 atom stereocenters. The van der Waals surface area contributed by atoms with Crippen LogP contribution in [0.2, 0.25) is 0 Å². The maximum absolute atomic E-state index is 12.3. The smallest absolute Gasteiger partial charge is 0.406 e. The number of aryl methyl sites for hydroxylation is 1. The highest BCUT2D eigenvalue weighted by Gasteiger charge is 2.22. The maximum Gasteiger partial charge on any atom is 0.406 e. The fraction of sp³-hybridized carbons (Fsp3) is 0.250. The first-order chi connectivity index (χ1) is 10.5. The number of ketones is 1. The number of rotatable bonds is 6. The third-order valence-electron chi connectivity index (χ3n) is 3.24. The van der Waals surface area contributed by atoms with Crippen molar-refractivity contribution in [1.29, 1.82) is 0 Å². The lowest BCUT2D eigenvalue weighted by Gasteiger charge is -2.13. The van der Waals surface area contributed by atoms with Gasteiger partial charge in [0.25, 0.3) is 0 Å². The van der Waals surface area contributed by atoms with Crippen molar-refractivity contribution in [2.45, 2.75) is 26.4 Å². The van der Waals surface area contributed by atoms with Crippen LogP contribution < -0.4 is 4.74 Å². The number of hydrogen-bond donors (Lipinski definition) is 0. The summed E-state index contributed by atoms with van der Waals surface area (Å²) in [5.74, 6) is -0.650. The predicted molar refractivity (Wildman–Crippen MR) is 81.1 cm³/mol. The van der Waals surface area contributed by atoms with Crippen LogP contribution in [-0.4, -0.2) is 21.8 Å². The number of ether oxygens (including phenoxy) is 1. The molecule has 1 heterocycles. The molecule has 0 spiro atoms. The summed E-state index contributed by atoms with van der Waals surface area (Å²) >= 11 is 0. The molecule has 0 amide bonds. The van der Waals surface area contributed by atoms with Gasteiger partial charge in [0.2, 0.25) is 11.5 Å². The van der Waals surface area contributed by atoms with E-state index in [2.05, 4.69) is 4.98 Å². The second kappa shape index (κ2) is 6.80. The molecule has 0 aliphatic rings. The average molecular weight is 300 g/mol. The second-order valence-electron chi connectivity index (χ2n) is 4.76. The number of benzene rings is 1. The van der Waals surface area contributed by atoms with Gasteiger partial charge < -0.3 is 14.9 Å². The highest BCUT2D eigenvalue weighted by Crippen LogP contribution is 2.24. The van der Waals surface area contributed by atoms with E-state index in [0.29, 0.717) is 5.56 Å². The zero-order chi connectivity index (χ0) is 16.1. The number of Topliss-reactive ketones (excluding diaryl/α,β-unsaturated/α-hetero) is 1. The van der Waals surface area contributed by atoms with Crippen LogP contribution in [0.25, 0.3) is 0 Å². The molecule has 2 rings (SSSR count). The molecule has 0 saturated carbocycles. The minimum absolute atomic E-state index is 0.0153. The number of nitrogens with zero attached hydrogens (tertiary/aromatic N) is 2. The molecule has 22 heavy (non-hydrogen) atoms. The standard InChI is InChI=1S/C16H16N2O4/c1-3-12-6-8-13(9-7-12)15(19)11(2)22-14-5-4-10-17-16(14)18(20)21/h4-11H,3H2,1-2H3/t11-/m0/s1. The Morgan fingerprint density at radius 3 is 2.59 bits per heavy atom. The van der Waals surface area contributed by atoms with Crippen LogP contribution in [0.1, 0.15) is 29.8 Å². The van der Waals surface area contributed by atoms with Crippen LogP contribution in [0.5, 0.6) is 5.75 Å². The van der Waals surface area contributed by atoms with E-state index in [0.717, 1.165) is 12.0 Å². The predicted octanol–water partition coefficient (Wildman–Crippen LogP) is 3.20.